The van der Waals surface area contributed by atoms with Gasteiger partial charge >= 0.3 is 0 Å². The summed E-state index contributed by atoms with van der Waals surface area (Å²) < 4.78 is 6.82. The van der Waals surface area contributed by atoms with Gasteiger partial charge in [0.15, 0.2) is 0 Å². The van der Waals surface area contributed by atoms with Crippen LogP contribution in [0.25, 0.3) is 0 Å². The quantitative estimate of drug-likeness (QED) is 0.791. The highest BCUT2D eigenvalue weighted by atomic mass is 79.9. The van der Waals surface area contributed by atoms with Crippen LogP contribution in [0.3, 0.4) is 0 Å². The van der Waals surface area contributed by atoms with Crippen LogP contribution in [0.1, 0.15) is 35.4 Å². The highest BCUT2D eigenvalue weighted by Gasteiger charge is 2.37. The number of rotatable bonds is 1. The molecule has 0 spiro atoms. The fourth-order valence-electron chi connectivity index (χ4n) is 2.92. The smallest absolute Gasteiger partial charge is 0.264 e. The van der Waals surface area contributed by atoms with Crippen LogP contribution in [0.2, 0.25) is 0 Å². The minimum Gasteiger partial charge on any atom is -0.374 e. The van der Waals surface area contributed by atoms with Crippen molar-refractivity contribution in [2.45, 2.75) is 37.8 Å². The Labute approximate surface area is 119 Å². The van der Waals surface area contributed by atoms with E-state index in [1.54, 1.807) is 0 Å². The van der Waals surface area contributed by atoms with Crippen molar-refractivity contribution in [2.24, 2.45) is 0 Å². The average Bonchev–Trinajstić information content (AvgIpc) is 2.84. The first-order chi connectivity index (χ1) is 8.75. The minimum atomic E-state index is 0.172. The second-order valence-electron chi connectivity index (χ2n) is 4.86. The molecule has 1 aliphatic heterocycles. The Balaban J connectivity index is 1.79. The molecule has 1 saturated carbocycles. The molecule has 1 saturated heterocycles. The molecule has 2 heterocycles. The zero-order valence-electron chi connectivity index (χ0n) is 10.1. The predicted molar refractivity (Wildman–Crippen MR) is 75.1 cm³/mol. The first-order valence-electron chi connectivity index (χ1n) is 6.43. The summed E-state index contributed by atoms with van der Waals surface area (Å²) in [4.78, 5) is 15.4. The van der Waals surface area contributed by atoms with E-state index in [0.29, 0.717) is 12.6 Å². The Morgan fingerprint density at radius 3 is 3.00 bits per heavy atom. The fourth-order valence-corrected chi connectivity index (χ4v) is 4.26. The van der Waals surface area contributed by atoms with Crippen molar-refractivity contribution in [1.82, 2.24) is 4.90 Å². The maximum atomic E-state index is 12.5. The molecular formula is C13H16BrNO2S. The molecule has 3 nitrogen and oxygen atoms in total. The molecular weight excluding hydrogens is 314 g/mol. The van der Waals surface area contributed by atoms with Crippen molar-refractivity contribution in [1.29, 1.82) is 0 Å². The standard InChI is InChI=1S/C13H16BrNO2S/c14-12-6-5-11(18-12)13(16)15-7-8-17-10-4-2-1-3-9(10)15/h5-6,9-10H,1-4,7-8H2/t9-,10-/m0/s1. The second-order valence-corrected chi connectivity index (χ2v) is 7.33. The number of halogens is 1. The zero-order valence-corrected chi connectivity index (χ0v) is 12.5. The summed E-state index contributed by atoms with van der Waals surface area (Å²) in [6.45, 7) is 1.41. The molecule has 0 N–H and O–H groups in total. The molecule has 2 atom stereocenters. The van der Waals surface area contributed by atoms with Crippen LogP contribution in [0.4, 0.5) is 0 Å². The molecule has 1 amide bonds. The molecule has 18 heavy (non-hydrogen) atoms. The van der Waals surface area contributed by atoms with Gasteiger partial charge in [-0.25, -0.2) is 0 Å². The minimum absolute atomic E-state index is 0.172. The topological polar surface area (TPSA) is 29.5 Å². The molecule has 1 aliphatic carbocycles. The molecule has 1 aromatic rings. The highest BCUT2D eigenvalue weighted by molar-refractivity contribution is 9.11. The normalized spacial score (nSPS) is 27.9. The number of carbonyl (C=O) groups is 1. The van der Waals surface area contributed by atoms with Gasteiger partial charge < -0.3 is 9.64 Å². The molecule has 1 aromatic heterocycles. The van der Waals surface area contributed by atoms with E-state index in [1.807, 2.05) is 17.0 Å². The molecule has 3 rings (SSSR count). The van der Waals surface area contributed by atoms with Gasteiger partial charge in [0.1, 0.15) is 0 Å². The molecule has 2 aliphatic rings. The Morgan fingerprint density at radius 2 is 2.22 bits per heavy atom. The summed E-state index contributed by atoms with van der Waals surface area (Å²) in [5.74, 6) is 0.172. The van der Waals surface area contributed by atoms with Crippen LogP contribution in [0.5, 0.6) is 0 Å². The number of hydrogen-bond donors (Lipinski definition) is 0. The van der Waals surface area contributed by atoms with Crippen LogP contribution in [-0.4, -0.2) is 36.1 Å². The van der Waals surface area contributed by atoms with Gasteiger partial charge in [0.25, 0.3) is 5.91 Å². The lowest BCUT2D eigenvalue weighted by molar-refractivity contribution is -0.0751. The third-order valence-electron chi connectivity index (χ3n) is 3.78. The highest BCUT2D eigenvalue weighted by Crippen LogP contribution is 2.31. The van der Waals surface area contributed by atoms with Crippen LogP contribution in [0.15, 0.2) is 15.9 Å². The fraction of sp³-hybridized carbons (Fsp3) is 0.615. The number of amides is 1. The Hall–Kier alpha value is -0.390. The van der Waals surface area contributed by atoms with Crippen LogP contribution in [0, 0.1) is 0 Å². The van der Waals surface area contributed by atoms with E-state index in [9.17, 15) is 4.79 Å². The van der Waals surface area contributed by atoms with Gasteiger partial charge in [-0.15, -0.1) is 11.3 Å². The Morgan fingerprint density at radius 1 is 1.39 bits per heavy atom. The summed E-state index contributed by atoms with van der Waals surface area (Å²) in [6, 6.07) is 4.14. The Kier molecular flexibility index (Phi) is 3.73. The van der Waals surface area contributed by atoms with E-state index in [4.69, 9.17) is 4.74 Å². The third kappa shape index (κ3) is 2.36. The number of thiophene rings is 1. The van der Waals surface area contributed by atoms with Crippen molar-refractivity contribution in [2.75, 3.05) is 13.2 Å². The van der Waals surface area contributed by atoms with Gasteiger partial charge in [0.05, 0.1) is 27.4 Å². The van der Waals surface area contributed by atoms with Crippen molar-refractivity contribution in [3.8, 4) is 0 Å². The molecule has 0 radical (unpaired) electrons. The van der Waals surface area contributed by atoms with Crippen molar-refractivity contribution in [3.63, 3.8) is 0 Å². The maximum absolute atomic E-state index is 12.5. The molecule has 98 valence electrons. The second kappa shape index (κ2) is 5.31. The van der Waals surface area contributed by atoms with Crippen molar-refractivity contribution in [3.05, 3.63) is 20.8 Å². The number of ether oxygens (including phenoxy) is 1. The number of hydrogen-bond acceptors (Lipinski definition) is 3. The lowest BCUT2D eigenvalue weighted by atomic mass is 9.90. The largest absolute Gasteiger partial charge is 0.374 e. The predicted octanol–water partition coefficient (Wildman–Crippen LogP) is 3.29. The summed E-state index contributed by atoms with van der Waals surface area (Å²) in [5.41, 5.74) is 0. The lowest BCUT2D eigenvalue weighted by Gasteiger charge is -2.43. The van der Waals surface area contributed by atoms with Gasteiger partial charge in [-0.3, -0.25) is 4.79 Å². The first-order valence-corrected chi connectivity index (χ1v) is 8.04. The van der Waals surface area contributed by atoms with Gasteiger partial charge in [-0.2, -0.15) is 0 Å². The van der Waals surface area contributed by atoms with Crippen LogP contribution in [-0.2, 0) is 4.74 Å². The van der Waals surface area contributed by atoms with Crippen LogP contribution >= 0.6 is 27.3 Å². The summed E-state index contributed by atoms with van der Waals surface area (Å²) in [7, 11) is 0. The molecule has 0 aromatic carbocycles. The first kappa shape index (κ1) is 12.6. The Bertz CT molecular complexity index is 446. The van der Waals surface area contributed by atoms with Crippen LogP contribution < -0.4 is 0 Å². The van der Waals surface area contributed by atoms with E-state index in [-0.39, 0.29) is 12.0 Å². The monoisotopic (exact) mass is 329 g/mol. The molecule has 5 heteroatoms. The van der Waals surface area contributed by atoms with Crippen molar-refractivity contribution >= 4 is 33.2 Å². The van der Waals surface area contributed by atoms with E-state index in [2.05, 4.69) is 15.9 Å². The van der Waals surface area contributed by atoms with E-state index in [1.165, 1.54) is 24.2 Å². The van der Waals surface area contributed by atoms with E-state index >= 15 is 0 Å². The maximum Gasteiger partial charge on any atom is 0.264 e. The third-order valence-corrected chi connectivity index (χ3v) is 5.39. The lowest BCUT2D eigenvalue weighted by Crippen LogP contribution is -2.54. The number of morpholine rings is 1. The molecule has 0 bridgehead atoms. The van der Waals surface area contributed by atoms with Gasteiger partial charge in [-0.1, -0.05) is 12.8 Å². The summed E-state index contributed by atoms with van der Waals surface area (Å²) in [6.07, 6.45) is 4.89. The summed E-state index contributed by atoms with van der Waals surface area (Å²) in [5, 5.41) is 0. The van der Waals surface area contributed by atoms with Gasteiger partial charge in [0, 0.05) is 6.54 Å². The van der Waals surface area contributed by atoms with E-state index in [0.717, 1.165) is 28.0 Å². The number of nitrogens with zero attached hydrogens (tertiary/aromatic N) is 1. The van der Waals surface area contributed by atoms with Gasteiger partial charge in [-0.05, 0) is 40.9 Å². The average molecular weight is 330 g/mol. The summed E-state index contributed by atoms with van der Waals surface area (Å²) >= 11 is 4.93. The van der Waals surface area contributed by atoms with E-state index < -0.39 is 0 Å². The SMILES string of the molecule is O=C(c1ccc(Br)s1)N1CCO[C@H]2CCCC[C@@H]21. The number of fused-ring (bicyclic) bond motifs is 1. The van der Waals surface area contributed by atoms with Crippen molar-refractivity contribution < 1.29 is 9.53 Å². The molecule has 2 fully saturated rings. The zero-order chi connectivity index (χ0) is 12.5. The van der Waals surface area contributed by atoms with Gasteiger partial charge in [0.2, 0.25) is 0 Å². The number of carbonyl (C=O) groups excluding carboxylic acids is 1. The molecule has 0 unspecified atom stereocenters.